The predicted molar refractivity (Wildman–Crippen MR) is 146 cm³/mol. The molecule has 39 heavy (non-hydrogen) atoms. The Labute approximate surface area is 231 Å². The van der Waals surface area contributed by atoms with Crippen molar-refractivity contribution in [3.05, 3.63) is 23.8 Å². The van der Waals surface area contributed by atoms with Crippen LogP contribution in [0.1, 0.15) is 93.6 Å². The van der Waals surface area contributed by atoms with Gasteiger partial charge in [-0.1, -0.05) is 26.8 Å². The van der Waals surface area contributed by atoms with Crippen LogP contribution in [0.3, 0.4) is 0 Å². The fourth-order valence-corrected chi connectivity index (χ4v) is 3.18. The summed E-state index contributed by atoms with van der Waals surface area (Å²) < 4.78 is 21.5. The van der Waals surface area contributed by atoms with Crippen molar-refractivity contribution < 1.29 is 43.2 Å². The number of benzene rings is 1. The summed E-state index contributed by atoms with van der Waals surface area (Å²) in [5, 5.41) is 9.95. The Kier molecular flexibility index (Phi) is 12.0. The number of nitrogens with two attached hydrogens (primary N) is 1. The van der Waals surface area contributed by atoms with E-state index in [1.165, 1.54) is 19.1 Å². The van der Waals surface area contributed by atoms with Gasteiger partial charge in [-0.3, -0.25) is 14.4 Å². The molecule has 1 aromatic rings. The molecule has 0 fully saturated rings. The van der Waals surface area contributed by atoms with Crippen LogP contribution in [0.15, 0.2) is 18.2 Å². The molecule has 0 radical (unpaired) electrons. The van der Waals surface area contributed by atoms with Gasteiger partial charge in [-0.2, -0.15) is 0 Å². The van der Waals surface area contributed by atoms with Crippen molar-refractivity contribution in [2.45, 2.75) is 112 Å². The lowest BCUT2D eigenvalue weighted by molar-refractivity contribution is -0.147. The molecule has 0 aliphatic heterocycles. The number of carboxylic acids is 1. The topological polar surface area (TPSA) is 151 Å². The van der Waals surface area contributed by atoms with Crippen LogP contribution < -0.4 is 15.2 Å². The Hall–Kier alpha value is -3.14. The summed E-state index contributed by atoms with van der Waals surface area (Å²) >= 11 is 0. The molecule has 10 heteroatoms. The van der Waals surface area contributed by atoms with Crippen molar-refractivity contribution in [1.29, 1.82) is 0 Å². The van der Waals surface area contributed by atoms with Crippen molar-refractivity contribution in [3.63, 3.8) is 0 Å². The first-order valence-corrected chi connectivity index (χ1v) is 13.4. The highest BCUT2D eigenvalue weighted by molar-refractivity contribution is 5.82. The zero-order chi connectivity index (χ0) is 30.2. The van der Waals surface area contributed by atoms with Gasteiger partial charge < -0.3 is 29.8 Å². The predicted octanol–water partition coefficient (Wildman–Crippen LogP) is 5.42. The molecule has 10 nitrogen and oxygen atoms in total. The van der Waals surface area contributed by atoms with Gasteiger partial charge in [-0.25, -0.2) is 4.79 Å². The normalized spacial score (nSPS) is 14.9. The number of rotatable bonds is 14. The summed E-state index contributed by atoms with van der Waals surface area (Å²) in [6.07, 6.45) is -0.873. The molecular weight excluding hydrogens is 506 g/mol. The SMILES string of the molecule is CCC(C)OC(=O)O[C@@H](C)CC(N)(Cc1ccc(OC(=O)C(C)(C)CC)c(OC(=O)C(C)(C)CC)c1)C(=O)O. The largest absolute Gasteiger partial charge is 0.508 e. The average Bonchev–Trinajstić information content (AvgIpc) is 2.84. The van der Waals surface area contributed by atoms with Crippen molar-refractivity contribution in [3.8, 4) is 11.5 Å². The third-order valence-corrected chi connectivity index (χ3v) is 7.05. The van der Waals surface area contributed by atoms with Crippen LogP contribution in [-0.2, 0) is 30.3 Å². The zero-order valence-electron chi connectivity index (χ0n) is 24.7. The Morgan fingerprint density at radius 1 is 0.846 bits per heavy atom. The van der Waals surface area contributed by atoms with Crippen LogP contribution in [0, 0.1) is 10.8 Å². The van der Waals surface area contributed by atoms with Gasteiger partial charge in [0.2, 0.25) is 0 Å². The fraction of sp³-hybridized carbons (Fsp3) is 0.655. The summed E-state index contributed by atoms with van der Waals surface area (Å²) in [7, 11) is 0. The van der Waals surface area contributed by atoms with Crippen LogP contribution in [0.4, 0.5) is 4.79 Å². The van der Waals surface area contributed by atoms with Crippen LogP contribution in [-0.4, -0.2) is 46.9 Å². The molecule has 220 valence electrons. The highest BCUT2D eigenvalue weighted by Crippen LogP contribution is 2.35. The van der Waals surface area contributed by atoms with Gasteiger partial charge in [0.05, 0.1) is 10.8 Å². The van der Waals surface area contributed by atoms with E-state index >= 15 is 0 Å². The van der Waals surface area contributed by atoms with Gasteiger partial charge in [0.15, 0.2) is 11.5 Å². The molecule has 1 aromatic carbocycles. The van der Waals surface area contributed by atoms with Gasteiger partial charge in [0.1, 0.15) is 17.7 Å². The number of hydrogen-bond donors (Lipinski definition) is 2. The summed E-state index contributed by atoms with van der Waals surface area (Å²) in [6.45, 7) is 15.7. The maximum atomic E-state index is 12.9. The molecule has 1 rings (SSSR count). The molecular formula is C29H45NO9. The Bertz CT molecular complexity index is 1030. The van der Waals surface area contributed by atoms with Gasteiger partial charge in [0, 0.05) is 12.8 Å². The molecule has 0 aromatic heterocycles. The molecule has 3 N–H and O–H groups in total. The van der Waals surface area contributed by atoms with Gasteiger partial charge in [-0.05, 0) is 78.5 Å². The number of ether oxygens (including phenoxy) is 4. The van der Waals surface area contributed by atoms with Crippen LogP contribution in [0.25, 0.3) is 0 Å². The van der Waals surface area contributed by atoms with Crippen LogP contribution in [0.2, 0.25) is 0 Å². The molecule has 0 spiro atoms. The Balaban J connectivity index is 3.30. The van der Waals surface area contributed by atoms with E-state index in [4.69, 9.17) is 24.7 Å². The molecule has 0 bridgehead atoms. The van der Waals surface area contributed by atoms with E-state index in [1.807, 2.05) is 20.8 Å². The molecule has 3 atom stereocenters. The molecule has 0 aliphatic rings. The van der Waals surface area contributed by atoms with E-state index < -0.39 is 46.5 Å². The minimum atomic E-state index is -1.83. The standard InChI is InChI=1S/C29H45NO9/c1-10-18(4)36-26(35)37-19(5)16-29(30,23(31)32)17-20-13-14-21(38-24(33)27(6,7)11-2)22(15-20)39-25(34)28(8,9)12-3/h13-15,18-19H,10-12,16-17,30H2,1-9H3,(H,31,32)/t18?,19-,29?/m0/s1. The zero-order valence-corrected chi connectivity index (χ0v) is 24.7. The molecule has 0 saturated heterocycles. The number of carbonyl (C=O) groups is 4. The molecule has 0 amide bonds. The summed E-state index contributed by atoms with van der Waals surface area (Å²) in [5.41, 5.74) is 3.29. The van der Waals surface area contributed by atoms with Gasteiger partial charge in [0.25, 0.3) is 0 Å². The van der Waals surface area contributed by atoms with Crippen molar-refractivity contribution in [1.82, 2.24) is 0 Å². The van der Waals surface area contributed by atoms with E-state index in [1.54, 1.807) is 40.7 Å². The first-order chi connectivity index (χ1) is 17.9. The highest BCUT2D eigenvalue weighted by atomic mass is 16.7. The Morgan fingerprint density at radius 3 is 1.79 bits per heavy atom. The fourth-order valence-electron chi connectivity index (χ4n) is 3.18. The van der Waals surface area contributed by atoms with E-state index in [2.05, 4.69) is 0 Å². The second kappa shape index (κ2) is 13.8. The van der Waals surface area contributed by atoms with E-state index in [0.717, 1.165) is 0 Å². The summed E-state index contributed by atoms with van der Waals surface area (Å²) in [5.74, 6) is -2.33. The molecule has 0 aliphatic carbocycles. The first-order valence-electron chi connectivity index (χ1n) is 13.4. The molecule has 0 heterocycles. The highest BCUT2D eigenvalue weighted by Gasteiger charge is 2.38. The minimum Gasteiger partial charge on any atom is -0.480 e. The summed E-state index contributed by atoms with van der Waals surface area (Å²) in [4.78, 5) is 49.8. The van der Waals surface area contributed by atoms with Gasteiger partial charge >= 0.3 is 24.1 Å². The molecule has 2 unspecified atom stereocenters. The van der Waals surface area contributed by atoms with Crippen molar-refractivity contribution >= 4 is 24.1 Å². The first kappa shape index (κ1) is 33.9. The summed E-state index contributed by atoms with van der Waals surface area (Å²) in [6, 6.07) is 4.45. The number of carboxylic acid groups (broad SMARTS) is 1. The molecule has 0 saturated carbocycles. The second-order valence-electron chi connectivity index (χ2n) is 11.4. The van der Waals surface area contributed by atoms with E-state index in [9.17, 15) is 24.3 Å². The smallest absolute Gasteiger partial charge is 0.480 e. The third kappa shape index (κ3) is 9.84. The maximum Gasteiger partial charge on any atom is 0.508 e. The van der Waals surface area contributed by atoms with Crippen LogP contribution >= 0.6 is 0 Å². The van der Waals surface area contributed by atoms with Gasteiger partial charge in [-0.15, -0.1) is 0 Å². The van der Waals surface area contributed by atoms with E-state index in [-0.39, 0.29) is 30.4 Å². The lowest BCUT2D eigenvalue weighted by atomic mass is 9.86. The maximum absolute atomic E-state index is 12.9. The average molecular weight is 552 g/mol. The lowest BCUT2D eigenvalue weighted by Gasteiger charge is -2.28. The quantitative estimate of drug-likeness (QED) is 0.226. The third-order valence-electron chi connectivity index (χ3n) is 7.05. The van der Waals surface area contributed by atoms with Crippen molar-refractivity contribution in [2.24, 2.45) is 16.6 Å². The second-order valence-corrected chi connectivity index (χ2v) is 11.4. The van der Waals surface area contributed by atoms with Crippen molar-refractivity contribution in [2.75, 3.05) is 0 Å². The Morgan fingerprint density at radius 2 is 1.33 bits per heavy atom. The lowest BCUT2D eigenvalue weighted by Crippen LogP contribution is -2.52. The minimum absolute atomic E-state index is 0.0200. The van der Waals surface area contributed by atoms with E-state index in [0.29, 0.717) is 24.8 Å². The monoisotopic (exact) mass is 551 g/mol. The van der Waals surface area contributed by atoms with Crippen LogP contribution in [0.5, 0.6) is 11.5 Å². The number of carbonyl (C=O) groups excluding carboxylic acids is 3. The number of aliphatic carboxylic acids is 1. The number of esters is 2. The number of hydrogen-bond acceptors (Lipinski definition) is 9.